The normalized spacial score (nSPS) is 13.0. The number of para-hydroxylation sites is 1. The molecule has 2 aliphatic rings. The summed E-state index contributed by atoms with van der Waals surface area (Å²) < 4.78 is 5.15. The van der Waals surface area contributed by atoms with E-state index in [1.807, 2.05) is 11.3 Å². The number of anilines is 3. The van der Waals surface area contributed by atoms with Crippen molar-refractivity contribution in [2.75, 3.05) is 4.90 Å². The number of aromatic nitrogens is 1. The van der Waals surface area contributed by atoms with Crippen molar-refractivity contribution in [3.63, 3.8) is 0 Å². The van der Waals surface area contributed by atoms with Crippen LogP contribution in [0.15, 0.2) is 267 Å². The van der Waals surface area contributed by atoms with Gasteiger partial charge in [-0.2, -0.15) is 0 Å². The van der Waals surface area contributed by atoms with Gasteiger partial charge >= 0.3 is 0 Å². The van der Waals surface area contributed by atoms with E-state index in [2.05, 4.69) is 276 Å². The highest BCUT2D eigenvalue weighted by molar-refractivity contribution is 7.27. The van der Waals surface area contributed by atoms with Crippen LogP contribution < -0.4 is 4.90 Å². The lowest BCUT2D eigenvalue weighted by molar-refractivity contribution is 0.793. The SMILES string of the molecule is c1ccc(-c2ccc(N(c3ccc4c(c3)C3(c5ccccc5-c5ccccc53)c3ccccc3-4)c3ccc4c5c6sc7ccc(-c8ccccc8)cc7c6c6ccccc6c5n(-c5ccccc5)c4c3)cc2)cc1. The van der Waals surface area contributed by atoms with E-state index >= 15 is 0 Å². The predicted octanol–water partition coefficient (Wildman–Crippen LogP) is 19.5. The van der Waals surface area contributed by atoms with E-state index in [-0.39, 0.29) is 0 Å². The lowest BCUT2D eigenvalue weighted by Gasteiger charge is -2.32. The van der Waals surface area contributed by atoms with E-state index in [4.69, 9.17) is 0 Å². The lowest BCUT2D eigenvalue weighted by Crippen LogP contribution is -2.26. The number of benzene rings is 12. The fraction of sp³-hybridized carbons (Fsp3) is 0.0141. The molecular formula is C71H44N2S. The van der Waals surface area contributed by atoms with Crippen molar-refractivity contribution in [1.29, 1.82) is 0 Å². The zero-order valence-electron chi connectivity index (χ0n) is 40.2. The monoisotopic (exact) mass is 956 g/mol. The molecular weight excluding hydrogens is 913 g/mol. The Balaban J connectivity index is 0.977. The van der Waals surface area contributed by atoms with Gasteiger partial charge in [0.05, 0.1) is 16.4 Å². The van der Waals surface area contributed by atoms with Gasteiger partial charge in [0.1, 0.15) is 0 Å². The van der Waals surface area contributed by atoms with Crippen molar-refractivity contribution in [2.24, 2.45) is 0 Å². The molecule has 0 fully saturated rings. The van der Waals surface area contributed by atoms with Gasteiger partial charge in [0.15, 0.2) is 0 Å². The molecule has 74 heavy (non-hydrogen) atoms. The first kappa shape index (κ1) is 41.3. The fourth-order valence-corrected chi connectivity index (χ4v) is 14.4. The number of rotatable bonds is 6. The summed E-state index contributed by atoms with van der Waals surface area (Å²) in [5, 5.41) is 7.67. The van der Waals surface area contributed by atoms with Gasteiger partial charge in [-0.05, 0) is 133 Å². The van der Waals surface area contributed by atoms with Crippen LogP contribution in [0.5, 0.6) is 0 Å². The van der Waals surface area contributed by atoms with Gasteiger partial charge < -0.3 is 9.47 Å². The molecule has 0 radical (unpaired) electrons. The van der Waals surface area contributed by atoms with Crippen LogP contribution in [0, 0.1) is 0 Å². The van der Waals surface area contributed by atoms with Crippen molar-refractivity contribution < 1.29 is 0 Å². The Morgan fingerprint density at radius 3 is 1.49 bits per heavy atom. The number of fused-ring (bicyclic) bond motifs is 20. The number of hydrogen-bond donors (Lipinski definition) is 0. The molecule has 0 unspecified atom stereocenters. The van der Waals surface area contributed by atoms with Crippen LogP contribution in [-0.4, -0.2) is 4.57 Å². The van der Waals surface area contributed by atoms with Gasteiger partial charge in [-0.25, -0.2) is 0 Å². The molecule has 2 aliphatic carbocycles. The van der Waals surface area contributed by atoms with Crippen molar-refractivity contribution >= 4 is 81.1 Å². The van der Waals surface area contributed by atoms with E-state index in [9.17, 15) is 0 Å². The van der Waals surface area contributed by atoms with Gasteiger partial charge in [0.2, 0.25) is 0 Å². The zero-order valence-corrected chi connectivity index (χ0v) is 41.0. The predicted molar refractivity (Wildman–Crippen MR) is 313 cm³/mol. The number of nitrogens with zero attached hydrogens (tertiary/aromatic N) is 2. The minimum Gasteiger partial charge on any atom is -0.310 e. The Morgan fingerprint density at radius 1 is 0.324 bits per heavy atom. The highest BCUT2D eigenvalue weighted by Gasteiger charge is 2.51. The summed E-state index contributed by atoms with van der Waals surface area (Å²) in [6.45, 7) is 0. The molecule has 1 spiro atoms. The quantitative estimate of drug-likeness (QED) is 0.161. The van der Waals surface area contributed by atoms with Crippen molar-refractivity contribution in [3.8, 4) is 50.2 Å². The van der Waals surface area contributed by atoms with Crippen LogP contribution in [0.1, 0.15) is 22.3 Å². The average Bonchev–Trinajstić information content (AvgIpc) is 4.35. The topological polar surface area (TPSA) is 8.17 Å². The van der Waals surface area contributed by atoms with Crippen LogP contribution in [0.2, 0.25) is 0 Å². The van der Waals surface area contributed by atoms with Crippen molar-refractivity contribution in [1.82, 2.24) is 4.57 Å². The van der Waals surface area contributed by atoms with Crippen LogP contribution in [-0.2, 0) is 5.41 Å². The standard InChI is InChI=1S/C71H44N2S/c1-4-18-45(19-5-1)47-32-35-50(36-33-47)72(51-37-39-56-55-26-14-17-31-63(55)71(64(56)43-51)61-29-15-12-24-53(61)54-25-13-16-30-62(54)71)52-38-40-59-65(44-52)73(49-22-8-3-9-23-49)69-58-28-11-10-27-57(58)67-60-42-48(46-20-6-2-7-21-46)34-41-66(60)74-70(67)68(59)69/h1-44H. The molecule has 0 N–H and O–H groups in total. The molecule has 3 heteroatoms. The summed E-state index contributed by atoms with van der Waals surface area (Å²) in [5.41, 5.74) is 21.7. The second-order valence-electron chi connectivity index (χ2n) is 19.9. The van der Waals surface area contributed by atoms with E-state index in [1.54, 1.807) is 0 Å². The van der Waals surface area contributed by atoms with E-state index < -0.39 is 5.41 Å². The molecule has 0 amide bonds. The minimum atomic E-state index is -0.472. The molecule has 16 rings (SSSR count). The maximum absolute atomic E-state index is 2.53. The van der Waals surface area contributed by atoms with Gasteiger partial charge in [0, 0.05) is 59.1 Å². The molecule has 0 bridgehead atoms. The van der Waals surface area contributed by atoms with Gasteiger partial charge in [-0.3, -0.25) is 0 Å². The third-order valence-corrected chi connectivity index (χ3v) is 17.4. The fourth-order valence-electron chi connectivity index (χ4n) is 13.1. The highest BCUT2D eigenvalue weighted by atomic mass is 32.1. The molecule has 0 saturated heterocycles. The van der Waals surface area contributed by atoms with Crippen molar-refractivity contribution in [3.05, 3.63) is 289 Å². The first-order valence-corrected chi connectivity index (χ1v) is 26.4. The van der Waals surface area contributed by atoms with Crippen LogP contribution >= 0.6 is 11.3 Å². The maximum Gasteiger partial charge on any atom is 0.0726 e. The van der Waals surface area contributed by atoms with Crippen LogP contribution in [0.25, 0.3) is 103 Å². The van der Waals surface area contributed by atoms with Gasteiger partial charge in [0.25, 0.3) is 0 Å². The summed E-state index contributed by atoms with van der Waals surface area (Å²) in [6, 6.07) is 99.5. The average molecular weight is 957 g/mol. The number of hydrogen-bond acceptors (Lipinski definition) is 2. The third-order valence-electron chi connectivity index (χ3n) is 16.2. The summed E-state index contributed by atoms with van der Waals surface area (Å²) in [7, 11) is 0. The largest absolute Gasteiger partial charge is 0.310 e. The van der Waals surface area contributed by atoms with E-state index in [0.717, 1.165) is 22.7 Å². The molecule has 12 aromatic carbocycles. The summed E-state index contributed by atoms with van der Waals surface area (Å²) in [6.07, 6.45) is 0. The molecule has 2 heterocycles. The summed E-state index contributed by atoms with van der Waals surface area (Å²) >= 11 is 1.92. The number of thiophene rings is 1. The van der Waals surface area contributed by atoms with Crippen molar-refractivity contribution in [2.45, 2.75) is 5.41 Å². The van der Waals surface area contributed by atoms with Crippen LogP contribution in [0.4, 0.5) is 17.1 Å². The minimum absolute atomic E-state index is 0.472. The Hall–Kier alpha value is -9.28. The molecule has 344 valence electrons. The molecule has 2 aromatic heterocycles. The maximum atomic E-state index is 2.53. The van der Waals surface area contributed by atoms with Gasteiger partial charge in [-0.15, -0.1) is 11.3 Å². The van der Waals surface area contributed by atoms with E-state index in [0.29, 0.717) is 0 Å². The molecule has 0 aliphatic heterocycles. The molecule has 2 nitrogen and oxygen atoms in total. The third kappa shape index (κ3) is 5.76. The molecule has 0 saturated carbocycles. The first-order valence-electron chi connectivity index (χ1n) is 25.6. The lowest BCUT2D eigenvalue weighted by atomic mass is 9.70. The summed E-state index contributed by atoms with van der Waals surface area (Å²) in [5.74, 6) is 0. The molecule has 0 atom stereocenters. The smallest absolute Gasteiger partial charge is 0.0726 e. The summed E-state index contributed by atoms with van der Waals surface area (Å²) in [4.78, 5) is 2.49. The highest BCUT2D eigenvalue weighted by Crippen LogP contribution is 2.63. The molecule has 14 aromatic rings. The van der Waals surface area contributed by atoms with Crippen LogP contribution in [0.3, 0.4) is 0 Å². The zero-order chi connectivity index (χ0) is 48.5. The Kier molecular flexibility index (Phi) is 8.86. The Morgan fingerprint density at radius 2 is 0.824 bits per heavy atom. The van der Waals surface area contributed by atoms with E-state index in [1.165, 1.54) is 120 Å². The second kappa shape index (κ2) is 15.9. The van der Waals surface area contributed by atoms with Gasteiger partial charge in [-0.1, -0.05) is 206 Å². The Labute approximate surface area is 432 Å². The second-order valence-corrected chi connectivity index (χ2v) is 20.9. The Bertz CT molecular complexity index is 4520. The first-order chi connectivity index (χ1) is 36.7.